The molecule has 0 amide bonds. The van der Waals surface area contributed by atoms with E-state index in [0.29, 0.717) is 47.1 Å². The van der Waals surface area contributed by atoms with E-state index in [2.05, 4.69) is 26.0 Å². The second-order valence-corrected chi connectivity index (χ2v) is 5.84. The van der Waals surface area contributed by atoms with Crippen molar-refractivity contribution in [1.82, 2.24) is 14.8 Å². The Kier molecular flexibility index (Phi) is 3.52. The van der Waals surface area contributed by atoms with Gasteiger partial charge in [-0.2, -0.15) is 5.10 Å². The molecule has 21 heavy (non-hydrogen) atoms. The maximum atomic E-state index is 12.4. The molecule has 1 saturated carbocycles. The molecular formula is C14H14BrN3O3. The van der Waals surface area contributed by atoms with Crippen molar-refractivity contribution in [3.63, 3.8) is 0 Å². The van der Waals surface area contributed by atoms with Crippen molar-refractivity contribution in [2.24, 2.45) is 0 Å². The zero-order valence-corrected chi connectivity index (χ0v) is 13.1. The molecule has 0 saturated heterocycles. The fourth-order valence-electron chi connectivity index (χ4n) is 2.66. The van der Waals surface area contributed by atoms with Gasteiger partial charge in [0.2, 0.25) is 0 Å². The zero-order chi connectivity index (χ0) is 15.0. The summed E-state index contributed by atoms with van der Waals surface area (Å²) in [4.78, 5) is 28.0. The number of fused-ring (bicyclic) bond motifs is 1. The van der Waals surface area contributed by atoms with Crippen molar-refractivity contribution < 1.29 is 14.3 Å². The SMILES string of the molecule is CCOC(=O)C1(n2nc(C=O)c3ccc(Br)nc32)CCC1. The highest BCUT2D eigenvalue weighted by Crippen LogP contribution is 2.42. The number of rotatable bonds is 4. The number of aromatic nitrogens is 3. The molecule has 0 bridgehead atoms. The molecule has 0 spiro atoms. The highest BCUT2D eigenvalue weighted by atomic mass is 79.9. The van der Waals surface area contributed by atoms with E-state index in [0.717, 1.165) is 6.42 Å². The van der Waals surface area contributed by atoms with Crippen LogP contribution in [0.15, 0.2) is 16.7 Å². The molecule has 0 radical (unpaired) electrons. The standard InChI is InChI=1S/C14H14BrN3O3/c1-2-21-13(20)14(6-3-7-14)18-12-9(10(8-19)17-18)4-5-11(15)16-12/h4-5,8H,2-3,6-7H2,1H3. The minimum Gasteiger partial charge on any atom is -0.464 e. The van der Waals surface area contributed by atoms with Crippen molar-refractivity contribution in [2.75, 3.05) is 6.61 Å². The molecule has 7 heteroatoms. The van der Waals surface area contributed by atoms with Gasteiger partial charge in [-0.05, 0) is 54.2 Å². The van der Waals surface area contributed by atoms with Gasteiger partial charge in [0.25, 0.3) is 0 Å². The monoisotopic (exact) mass is 351 g/mol. The van der Waals surface area contributed by atoms with Crippen LogP contribution >= 0.6 is 15.9 Å². The van der Waals surface area contributed by atoms with E-state index in [1.165, 1.54) is 0 Å². The van der Waals surface area contributed by atoms with Crippen LogP contribution in [0.4, 0.5) is 0 Å². The van der Waals surface area contributed by atoms with Crippen LogP contribution in [0.2, 0.25) is 0 Å². The Hall–Kier alpha value is -1.76. The van der Waals surface area contributed by atoms with Crippen LogP contribution in [0.25, 0.3) is 11.0 Å². The van der Waals surface area contributed by atoms with Crippen LogP contribution in [0.3, 0.4) is 0 Å². The molecule has 0 aromatic carbocycles. The summed E-state index contributed by atoms with van der Waals surface area (Å²) in [6, 6.07) is 3.52. The third-order valence-electron chi connectivity index (χ3n) is 3.88. The Labute approximate surface area is 129 Å². The molecular weight excluding hydrogens is 338 g/mol. The molecule has 1 aliphatic carbocycles. The lowest BCUT2D eigenvalue weighted by Crippen LogP contribution is -2.49. The summed E-state index contributed by atoms with van der Waals surface area (Å²) >= 11 is 3.32. The van der Waals surface area contributed by atoms with Gasteiger partial charge >= 0.3 is 5.97 Å². The van der Waals surface area contributed by atoms with E-state index in [4.69, 9.17) is 4.74 Å². The van der Waals surface area contributed by atoms with Crippen LogP contribution in [0.5, 0.6) is 0 Å². The van der Waals surface area contributed by atoms with Gasteiger partial charge in [-0.3, -0.25) is 4.79 Å². The molecule has 110 valence electrons. The van der Waals surface area contributed by atoms with Gasteiger partial charge in [-0.1, -0.05) is 0 Å². The summed E-state index contributed by atoms with van der Waals surface area (Å²) in [5.41, 5.74) is -0.0108. The molecule has 0 N–H and O–H groups in total. The third kappa shape index (κ3) is 2.07. The maximum Gasteiger partial charge on any atom is 0.334 e. The second kappa shape index (κ2) is 5.22. The molecule has 2 aromatic rings. The number of hydrogen-bond acceptors (Lipinski definition) is 5. The van der Waals surface area contributed by atoms with Crippen molar-refractivity contribution in [2.45, 2.75) is 31.7 Å². The Morgan fingerprint density at radius 2 is 2.29 bits per heavy atom. The van der Waals surface area contributed by atoms with Crippen LogP contribution in [0, 0.1) is 0 Å². The molecule has 1 aliphatic rings. The normalized spacial score (nSPS) is 16.5. The first-order valence-electron chi connectivity index (χ1n) is 6.80. The van der Waals surface area contributed by atoms with E-state index in [-0.39, 0.29) is 5.97 Å². The Balaban J connectivity index is 2.21. The first-order valence-corrected chi connectivity index (χ1v) is 7.60. The topological polar surface area (TPSA) is 74.1 Å². The average molecular weight is 352 g/mol. The van der Waals surface area contributed by atoms with Crippen LogP contribution < -0.4 is 0 Å². The number of esters is 1. The predicted octanol–water partition coefficient (Wildman–Crippen LogP) is 2.45. The lowest BCUT2D eigenvalue weighted by molar-refractivity contribution is -0.159. The molecule has 0 unspecified atom stereocenters. The largest absolute Gasteiger partial charge is 0.464 e. The minimum atomic E-state index is -0.830. The quantitative estimate of drug-likeness (QED) is 0.480. The number of nitrogens with zero attached hydrogens (tertiary/aromatic N) is 3. The molecule has 3 rings (SSSR count). The third-order valence-corrected chi connectivity index (χ3v) is 4.32. The van der Waals surface area contributed by atoms with Gasteiger partial charge in [0.15, 0.2) is 17.5 Å². The highest BCUT2D eigenvalue weighted by Gasteiger charge is 2.49. The average Bonchev–Trinajstić information content (AvgIpc) is 2.76. The lowest BCUT2D eigenvalue weighted by atomic mass is 9.77. The summed E-state index contributed by atoms with van der Waals surface area (Å²) < 4.78 is 7.40. The van der Waals surface area contributed by atoms with E-state index in [1.807, 2.05) is 0 Å². The number of hydrogen-bond donors (Lipinski definition) is 0. The van der Waals surface area contributed by atoms with Crippen LogP contribution in [-0.2, 0) is 15.1 Å². The van der Waals surface area contributed by atoms with Crippen molar-refractivity contribution in [3.05, 3.63) is 22.4 Å². The zero-order valence-electron chi connectivity index (χ0n) is 11.5. The molecule has 2 heterocycles. The van der Waals surface area contributed by atoms with Gasteiger partial charge in [0.1, 0.15) is 10.3 Å². The van der Waals surface area contributed by atoms with Crippen molar-refractivity contribution >= 4 is 39.2 Å². The summed E-state index contributed by atoms with van der Waals surface area (Å²) in [5.74, 6) is -0.306. The number of pyridine rings is 1. The van der Waals surface area contributed by atoms with Gasteiger partial charge in [-0.25, -0.2) is 14.5 Å². The second-order valence-electron chi connectivity index (χ2n) is 5.03. The fraction of sp³-hybridized carbons (Fsp3) is 0.429. The maximum absolute atomic E-state index is 12.4. The Bertz CT molecular complexity index is 722. The summed E-state index contributed by atoms with van der Waals surface area (Å²) in [7, 11) is 0. The van der Waals surface area contributed by atoms with Crippen LogP contribution in [0.1, 0.15) is 36.7 Å². The molecule has 0 aliphatic heterocycles. The number of carbonyl (C=O) groups excluding carboxylic acids is 2. The minimum absolute atomic E-state index is 0.292. The molecule has 6 nitrogen and oxygen atoms in total. The van der Waals surface area contributed by atoms with Gasteiger partial charge in [0, 0.05) is 5.39 Å². The van der Waals surface area contributed by atoms with E-state index in [9.17, 15) is 9.59 Å². The van der Waals surface area contributed by atoms with Crippen molar-refractivity contribution in [1.29, 1.82) is 0 Å². The van der Waals surface area contributed by atoms with Gasteiger partial charge < -0.3 is 4.74 Å². The number of aldehydes is 1. The van der Waals surface area contributed by atoms with E-state index >= 15 is 0 Å². The van der Waals surface area contributed by atoms with E-state index < -0.39 is 5.54 Å². The van der Waals surface area contributed by atoms with Gasteiger partial charge in [-0.15, -0.1) is 0 Å². The first-order chi connectivity index (χ1) is 10.1. The highest BCUT2D eigenvalue weighted by molar-refractivity contribution is 9.10. The number of halogens is 1. The summed E-state index contributed by atoms with van der Waals surface area (Å²) in [6.07, 6.45) is 2.90. The fourth-order valence-corrected chi connectivity index (χ4v) is 2.96. The predicted molar refractivity (Wildman–Crippen MR) is 79.1 cm³/mol. The number of ether oxygens (including phenoxy) is 1. The molecule has 1 fully saturated rings. The summed E-state index contributed by atoms with van der Waals surface area (Å²) in [5, 5.41) is 4.95. The van der Waals surface area contributed by atoms with Crippen molar-refractivity contribution in [3.8, 4) is 0 Å². The first kappa shape index (κ1) is 14.2. The Morgan fingerprint density at radius 1 is 1.52 bits per heavy atom. The lowest BCUT2D eigenvalue weighted by Gasteiger charge is -2.39. The number of carbonyl (C=O) groups is 2. The smallest absolute Gasteiger partial charge is 0.334 e. The molecule has 2 aromatic heterocycles. The van der Waals surface area contributed by atoms with E-state index in [1.54, 1.807) is 23.7 Å². The van der Waals surface area contributed by atoms with Crippen LogP contribution in [-0.4, -0.2) is 33.6 Å². The Morgan fingerprint density at radius 3 is 2.86 bits per heavy atom. The summed E-state index contributed by atoms with van der Waals surface area (Å²) in [6.45, 7) is 2.09. The molecule has 0 atom stereocenters. The van der Waals surface area contributed by atoms with Gasteiger partial charge in [0.05, 0.1) is 6.61 Å².